The fraction of sp³-hybridized carbons (Fsp3) is 0.188. The molecule has 4 aromatic rings. The third-order valence-corrected chi connectivity index (χ3v) is 8.72. The molecule has 0 radical (unpaired) electrons. The molecule has 1 saturated heterocycles. The highest BCUT2D eigenvalue weighted by atomic mass is 32.2. The first-order chi connectivity index (χ1) is 17.3. The first-order valence-electron chi connectivity index (χ1n) is 12.5. The highest BCUT2D eigenvalue weighted by Gasteiger charge is 2.51. The molecule has 0 aliphatic carbocycles. The van der Waals surface area contributed by atoms with Crippen LogP contribution in [-0.2, 0) is 9.31 Å². The van der Waals surface area contributed by atoms with Crippen molar-refractivity contribution >= 4 is 36.5 Å². The molecular weight excluding hydrogens is 459 g/mol. The third kappa shape index (κ3) is 4.14. The number of benzene rings is 4. The topological polar surface area (TPSA) is 18.5 Å². The highest BCUT2D eigenvalue weighted by molar-refractivity contribution is 7.99. The number of rotatable bonds is 3. The van der Waals surface area contributed by atoms with E-state index in [1.165, 1.54) is 37.6 Å². The van der Waals surface area contributed by atoms with E-state index in [9.17, 15) is 0 Å². The maximum Gasteiger partial charge on any atom is 0.494 e. The average Bonchev–Trinajstić information content (AvgIpc) is 3.00. The van der Waals surface area contributed by atoms with Crippen LogP contribution in [0.4, 0.5) is 0 Å². The Morgan fingerprint density at radius 2 is 1.25 bits per heavy atom. The van der Waals surface area contributed by atoms with Crippen molar-refractivity contribution < 1.29 is 9.31 Å². The molecule has 6 rings (SSSR count). The average molecular weight is 488 g/mol. The standard InChI is InChI=1S/C32H29BO2S/c1-31(2)32(3,4)35-33(34-31)26-14-8-12-24(21-26)23-11-7-13-25(20-23)27-15-9-17-30-28(27)19-18-22-10-5-6-16-29(22)36-30/h5-21H,1-4H3. The lowest BCUT2D eigenvalue weighted by Crippen LogP contribution is -2.41. The van der Waals surface area contributed by atoms with Crippen molar-refractivity contribution in [1.29, 1.82) is 0 Å². The van der Waals surface area contributed by atoms with Crippen molar-refractivity contribution in [3.8, 4) is 22.3 Å². The SMILES string of the molecule is CC1(C)OB(c2cccc(-c3cccc(-c4cccc5c4C=Cc4ccccc4S5)c3)c2)OC1(C)C. The lowest BCUT2D eigenvalue weighted by molar-refractivity contribution is 0.00578. The Morgan fingerprint density at radius 3 is 2.06 bits per heavy atom. The Kier molecular flexibility index (Phi) is 5.72. The molecule has 0 atom stereocenters. The van der Waals surface area contributed by atoms with Crippen LogP contribution < -0.4 is 5.46 Å². The number of hydrogen-bond donors (Lipinski definition) is 0. The van der Waals surface area contributed by atoms with Crippen LogP contribution >= 0.6 is 11.8 Å². The van der Waals surface area contributed by atoms with Crippen molar-refractivity contribution in [3.05, 3.63) is 102 Å². The van der Waals surface area contributed by atoms with Crippen LogP contribution in [0.3, 0.4) is 0 Å². The van der Waals surface area contributed by atoms with Crippen molar-refractivity contribution in [2.75, 3.05) is 0 Å². The van der Waals surface area contributed by atoms with Gasteiger partial charge in [0, 0.05) is 9.79 Å². The quantitative estimate of drug-likeness (QED) is 0.240. The van der Waals surface area contributed by atoms with Gasteiger partial charge in [-0.05, 0) is 84.7 Å². The van der Waals surface area contributed by atoms with E-state index in [1.807, 2.05) is 11.8 Å². The summed E-state index contributed by atoms with van der Waals surface area (Å²) < 4.78 is 12.6. The predicted molar refractivity (Wildman–Crippen MR) is 153 cm³/mol. The molecule has 2 aliphatic rings. The van der Waals surface area contributed by atoms with Crippen LogP contribution in [0, 0.1) is 0 Å². The van der Waals surface area contributed by atoms with Gasteiger partial charge in [-0.15, -0.1) is 0 Å². The summed E-state index contributed by atoms with van der Waals surface area (Å²) in [5.74, 6) is 0. The Hall–Kier alpha value is -3.05. The van der Waals surface area contributed by atoms with Gasteiger partial charge in [0.2, 0.25) is 0 Å². The molecule has 0 amide bonds. The van der Waals surface area contributed by atoms with E-state index in [4.69, 9.17) is 9.31 Å². The molecule has 0 spiro atoms. The van der Waals surface area contributed by atoms with Gasteiger partial charge in [0.15, 0.2) is 0 Å². The summed E-state index contributed by atoms with van der Waals surface area (Å²) in [6.07, 6.45) is 4.49. The minimum atomic E-state index is -0.369. The van der Waals surface area contributed by atoms with Gasteiger partial charge < -0.3 is 9.31 Å². The molecule has 2 aliphatic heterocycles. The lowest BCUT2D eigenvalue weighted by atomic mass is 9.78. The van der Waals surface area contributed by atoms with Crippen molar-refractivity contribution in [2.24, 2.45) is 0 Å². The summed E-state index contributed by atoms with van der Waals surface area (Å²) in [5, 5.41) is 0. The summed E-state index contributed by atoms with van der Waals surface area (Å²) >= 11 is 1.84. The minimum Gasteiger partial charge on any atom is -0.399 e. The monoisotopic (exact) mass is 488 g/mol. The van der Waals surface area contributed by atoms with Gasteiger partial charge in [0.05, 0.1) is 11.2 Å². The van der Waals surface area contributed by atoms with E-state index >= 15 is 0 Å². The van der Waals surface area contributed by atoms with Crippen LogP contribution in [0.5, 0.6) is 0 Å². The zero-order valence-electron chi connectivity index (χ0n) is 21.1. The van der Waals surface area contributed by atoms with E-state index in [2.05, 4.69) is 131 Å². The molecule has 2 heterocycles. The summed E-state index contributed by atoms with van der Waals surface area (Å²) in [7, 11) is -0.369. The van der Waals surface area contributed by atoms with E-state index in [0.717, 1.165) is 11.0 Å². The highest BCUT2D eigenvalue weighted by Crippen LogP contribution is 2.41. The first kappa shape index (κ1) is 23.4. The zero-order valence-corrected chi connectivity index (χ0v) is 21.9. The molecule has 0 bridgehead atoms. The van der Waals surface area contributed by atoms with Gasteiger partial charge >= 0.3 is 7.12 Å². The Morgan fingerprint density at radius 1 is 0.611 bits per heavy atom. The van der Waals surface area contributed by atoms with E-state index < -0.39 is 0 Å². The Bertz CT molecular complexity index is 1470. The van der Waals surface area contributed by atoms with Gasteiger partial charge in [-0.1, -0.05) is 96.7 Å². The molecule has 178 valence electrons. The van der Waals surface area contributed by atoms with Crippen LogP contribution in [0.25, 0.3) is 34.4 Å². The molecule has 0 aromatic heterocycles. The summed E-state index contributed by atoms with van der Waals surface area (Å²) in [4.78, 5) is 2.57. The second kappa shape index (κ2) is 8.81. The fourth-order valence-corrected chi connectivity index (χ4v) is 5.84. The van der Waals surface area contributed by atoms with Gasteiger partial charge in [0.25, 0.3) is 0 Å². The fourth-order valence-electron chi connectivity index (χ4n) is 4.77. The normalized spacial score (nSPS) is 17.4. The molecule has 0 unspecified atom stereocenters. The van der Waals surface area contributed by atoms with Gasteiger partial charge in [-0.3, -0.25) is 0 Å². The second-order valence-corrected chi connectivity index (χ2v) is 11.6. The Balaban J connectivity index is 1.36. The summed E-state index contributed by atoms with van der Waals surface area (Å²) in [5.41, 5.74) is 7.64. The van der Waals surface area contributed by atoms with Gasteiger partial charge in [-0.2, -0.15) is 0 Å². The smallest absolute Gasteiger partial charge is 0.399 e. The Labute approximate surface area is 218 Å². The third-order valence-electron chi connectivity index (χ3n) is 7.55. The lowest BCUT2D eigenvalue weighted by Gasteiger charge is -2.32. The summed E-state index contributed by atoms with van der Waals surface area (Å²) in [6, 6.07) is 32.5. The largest absolute Gasteiger partial charge is 0.494 e. The van der Waals surface area contributed by atoms with Gasteiger partial charge in [-0.25, -0.2) is 0 Å². The molecular formula is C32H29BO2S. The van der Waals surface area contributed by atoms with Crippen molar-refractivity contribution in [2.45, 2.75) is 48.7 Å². The molecule has 0 N–H and O–H groups in total. The van der Waals surface area contributed by atoms with Crippen LogP contribution in [0.2, 0.25) is 0 Å². The van der Waals surface area contributed by atoms with E-state index in [-0.39, 0.29) is 18.3 Å². The zero-order chi connectivity index (χ0) is 24.9. The minimum absolute atomic E-state index is 0.357. The van der Waals surface area contributed by atoms with E-state index in [0.29, 0.717) is 0 Å². The molecule has 1 fully saturated rings. The molecule has 2 nitrogen and oxygen atoms in total. The van der Waals surface area contributed by atoms with Crippen molar-refractivity contribution in [3.63, 3.8) is 0 Å². The number of fused-ring (bicyclic) bond motifs is 2. The summed E-state index contributed by atoms with van der Waals surface area (Å²) in [6.45, 7) is 8.37. The van der Waals surface area contributed by atoms with Gasteiger partial charge in [0.1, 0.15) is 0 Å². The maximum absolute atomic E-state index is 6.30. The maximum atomic E-state index is 6.30. The molecule has 36 heavy (non-hydrogen) atoms. The van der Waals surface area contributed by atoms with E-state index in [1.54, 1.807) is 0 Å². The van der Waals surface area contributed by atoms with Crippen LogP contribution in [0.15, 0.2) is 101 Å². The molecule has 4 aromatic carbocycles. The van der Waals surface area contributed by atoms with Crippen LogP contribution in [-0.4, -0.2) is 18.3 Å². The molecule has 0 saturated carbocycles. The molecule has 4 heteroatoms. The number of hydrogen-bond acceptors (Lipinski definition) is 3. The second-order valence-electron chi connectivity index (χ2n) is 10.5. The predicted octanol–water partition coefficient (Wildman–Crippen LogP) is 7.95. The first-order valence-corrected chi connectivity index (χ1v) is 13.3. The van der Waals surface area contributed by atoms with Crippen molar-refractivity contribution in [1.82, 2.24) is 0 Å². The van der Waals surface area contributed by atoms with Crippen LogP contribution in [0.1, 0.15) is 38.8 Å².